The highest BCUT2D eigenvalue weighted by Gasteiger charge is 2.27. The summed E-state index contributed by atoms with van der Waals surface area (Å²) in [7, 11) is 0. The zero-order valence-electron chi connectivity index (χ0n) is 18.9. The number of halogens is 3. The van der Waals surface area contributed by atoms with E-state index in [-0.39, 0.29) is 23.9 Å². The first kappa shape index (κ1) is 27.4. The molecule has 0 fully saturated rings. The molecule has 0 amide bonds. The molecule has 0 aliphatic rings. The van der Waals surface area contributed by atoms with Gasteiger partial charge in [0.15, 0.2) is 10.9 Å². The van der Waals surface area contributed by atoms with Gasteiger partial charge in [0.1, 0.15) is 9.88 Å². The highest BCUT2D eigenvalue weighted by Crippen LogP contribution is 2.34. The fraction of sp³-hybridized carbons (Fsp3) is 0.273. The predicted octanol–water partition coefficient (Wildman–Crippen LogP) is 6.53. The molecule has 0 saturated heterocycles. The summed E-state index contributed by atoms with van der Waals surface area (Å²) in [5.41, 5.74) is 1.53. The van der Waals surface area contributed by atoms with Crippen molar-refractivity contribution in [3.63, 3.8) is 0 Å². The van der Waals surface area contributed by atoms with Crippen LogP contribution in [0.1, 0.15) is 45.0 Å². The minimum Gasteiger partial charge on any atom is -0.462 e. The number of benzene rings is 1. The van der Waals surface area contributed by atoms with Crippen molar-refractivity contribution in [2.75, 3.05) is 23.8 Å². The van der Waals surface area contributed by atoms with Crippen LogP contribution < -0.4 is 10.6 Å². The van der Waals surface area contributed by atoms with E-state index < -0.39 is 11.9 Å². The lowest BCUT2D eigenvalue weighted by molar-refractivity contribution is 0.0527. The summed E-state index contributed by atoms with van der Waals surface area (Å²) in [6.45, 7) is 5.89. The number of hydrogen-bond acceptors (Lipinski definition) is 7. The van der Waals surface area contributed by atoms with Crippen LogP contribution in [0.25, 0.3) is 0 Å². The zero-order valence-corrected chi connectivity index (χ0v) is 23.6. The highest BCUT2D eigenvalue weighted by atomic mass is 79.9. The van der Waals surface area contributed by atoms with Gasteiger partial charge in [-0.1, -0.05) is 29.3 Å². The molecule has 0 atom stereocenters. The van der Waals surface area contributed by atoms with Crippen LogP contribution in [0.2, 0.25) is 10.0 Å². The number of rotatable bonds is 8. The highest BCUT2D eigenvalue weighted by molar-refractivity contribution is 9.10. The van der Waals surface area contributed by atoms with Crippen LogP contribution in [-0.2, 0) is 16.0 Å². The van der Waals surface area contributed by atoms with E-state index in [1.165, 1.54) is 0 Å². The molecule has 8 nitrogen and oxygen atoms in total. The van der Waals surface area contributed by atoms with E-state index >= 15 is 0 Å². The second kappa shape index (κ2) is 12.2. The number of hydrogen-bond donors (Lipinski definition) is 2. The van der Waals surface area contributed by atoms with Crippen molar-refractivity contribution in [1.82, 2.24) is 9.78 Å². The lowest BCUT2D eigenvalue weighted by atomic mass is 10.1. The molecule has 2 N–H and O–H groups in total. The Morgan fingerprint density at radius 1 is 1.17 bits per heavy atom. The van der Waals surface area contributed by atoms with Crippen LogP contribution in [0.5, 0.6) is 0 Å². The van der Waals surface area contributed by atoms with Gasteiger partial charge in [0.05, 0.1) is 29.8 Å². The number of carbonyl (C=O) groups is 2. The molecule has 0 aliphatic carbocycles. The Balaban J connectivity index is 1.79. The van der Waals surface area contributed by atoms with E-state index in [0.29, 0.717) is 42.3 Å². The maximum Gasteiger partial charge on any atom is 0.348 e. The normalized spacial score (nSPS) is 10.7. The van der Waals surface area contributed by atoms with E-state index in [9.17, 15) is 9.59 Å². The quantitative estimate of drug-likeness (QED) is 0.217. The maximum absolute atomic E-state index is 12.6. The second-order valence-corrected chi connectivity index (χ2v) is 10.2. The number of thiocarbonyl (C=S) groups is 1. The molecule has 0 aliphatic heterocycles. The largest absolute Gasteiger partial charge is 0.462 e. The molecule has 0 bridgehead atoms. The predicted molar refractivity (Wildman–Crippen MR) is 146 cm³/mol. The second-order valence-electron chi connectivity index (χ2n) is 7.04. The Morgan fingerprint density at radius 3 is 2.51 bits per heavy atom. The minimum absolute atomic E-state index is 0.169. The molecule has 2 aromatic heterocycles. The summed E-state index contributed by atoms with van der Waals surface area (Å²) in [6, 6.07) is 5.26. The molecule has 2 heterocycles. The SMILES string of the molecule is CCOC(=O)c1sc(NC(=S)Nc2nn(Cc3ccc(Cl)cc3Cl)cc2Br)c(C(=O)OCC)c1C. The first-order valence-corrected chi connectivity index (χ1v) is 13.1. The summed E-state index contributed by atoms with van der Waals surface area (Å²) in [5, 5.41) is 12.1. The van der Waals surface area contributed by atoms with Crippen LogP contribution in [0.15, 0.2) is 28.9 Å². The Hall–Kier alpha value is -2.18. The zero-order chi connectivity index (χ0) is 25.7. The number of aromatic nitrogens is 2. The van der Waals surface area contributed by atoms with E-state index in [0.717, 1.165) is 16.9 Å². The molecule has 1 aromatic carbocycles. The standard InChI is InChI=1S/C22H21BrCl2N4O4S2/c1-4-32-20(30)16-11(3)17(21(31)33-5-2)35-19(16)27-22(34)26-18-14(23)10-29(28-18)9-12-6-7-13(24)8-15(12)25/h6-8,10H,4-5,9H2,1-3H3,(H2,26,27,28,34). The van der Waals surface area contributed by atoms with Gasteiger partial charge in [-0.15, -0.1) is 11.3 Å². The summed E-state index contributed by atoms with van der Waals surface area (Å²) < 4.78 is 12.6. The monoisotopic (exact) mass is 618 g/mol. The Kier molecular flexibility index (Phi) is 9.54. The van der Waals surface area contributed by atoms with Crippen molar-refractivity contribution in [3.05, 3.63) is 60.5 Å². The topological polar surface area (TPSA) is 94.5 Å². The van der Waals surface area contributed by atoms with Gasteiger partial charge in [-0.25, -0.2) is 9.59 Å². The lowest BCUT2D eigenvalue weighted by Crippen LogP contribution is -2.21. The van der Waals surface area contributed by atoms with Crippen LogP contribution in [-0.4, -0.2) is 40.0 Å². The van der Waals surface area contributed by atoms with Crippen molar-refractivity contribution < 1.29 is 19.1 Å². The Morgan fingerprint density at radius 2 is 1.86 bits per heavy atom. The van der Waals surface area contributed by atoms with Gasteiger partial charge in [0.2, 0.25) is 0 Å². The van der Waals surface area contributed by atoms with Crippen molar-refractivity contribution in [2.24, 2.45) is 0 Å². The number of esters is 2. The van der Waals surface area contributed by atoms with Crippen LogP contribution in [0.3, 0.4) is 0 Å². The van der Waals surface area contributed by atoms with Gasteiger partial charge in [-0.2, -0.15) is 5.10 Å². The van der Waals surface area contributed by atoms with Gasteiger partial charge in [-0.05, 0) is 72.2 Å². The molecule has 0 unspecified atom stereocenters. The minimum atomic E-state index is -0.563. The number of thiophene rings is 1. The van der Waals surface area contributed by atoms with Crippen molar-refractivity contribution in [1.29, 1.82) is 0 Å². The molecule has 186 valence electrons. The fourth-order valence-corrected chi connectivity index (χ4v) is 5.31. The van der Waals surface area contributed by atoms with Crippen LogP contribution in [0.4, 0.5) is 10.8 Å². The molecule has 35 heavy (non-hydrogen) atoms. The molecule has 3 aromatic rings. The first-order chi connectivity index (χ1) is 16.6. The number of nitrogens with one attached hydrogen (secondary N) is 2. The van der Waals surface area contributed by atoms with Gasteiger partial charge >= 0.3 is 11.9 Å². The van der Waals surface area contributed by atoms with E-state index in [2.05, 4.69) is 31.7 Å². The summed E-state index contributed by atoms with van der Waals surface area (Å²) in [5.74, 6) is -0.633. The Labute approximate surface area is 230 Å². The maximum atomic E-state index is 12.6. The van der Waals surface area contributed by atoms with Crippen LogP contribution >= 0.6 is 62.7 Å². The van der Waals surface area contributed by atoms with Gasteiger partial charge < -0.3 is 20.1 Å². The fourth-order valence-electron chi connectivity index (χ4n) is 3.07. The molecule has 0 saturated carbocycles. The van der Waals surface area contributed by atoms with E-state index in [1.807, 2.05) is 6.07 Å². The molecular formula is C22H21BrCl2N4O4S2. The lowest BCUT2D eigenvalue weighted by Gasteiger charge is -2.10. The first-order valence-electron chi connectivity index (χ1n) is 10.4. The third kappa shape index (κ3) is 6.73. The molecule has 13 heteroatoms. The summed E-state index contributed by atoms with van der Waals surface area (Å²) >= 11 is 22.2. The average Bonchev–Trinajstić information content (AvgIpc) is 3.29. The average molecular weight is 620 g/mol. The number of anilines is 2. The molecule has 3 rings (SSSR count). The van der Waals surface area contributed by atoms with Gasteiger partial charge in [0, 0.05) is 16.2 Å². The third-order valence-corrected chi connectivity index (χ3v) is 7.17. The smallest absolute Gasteiger partial charge is 0.348 e. The number of nitrogens with zero attached hydrogens (tertiary/aromatic N) is 2. The van der Waals surface area contributed by atoms with E-state index in [4.69, 9.17) is 44.9 Å². The van der Waals surface area contributed by atoms with Crippen molar-refractivity contribution >= 4 is 90.6 Å². The Bertz CT molecular complexity index is 1280. The number of carbonyl (C=O) groups excluding carboxylic acids is 2. The summed E-state index contributed by atoms with van der Waals surface area (Å²) in [6.07, 6.45) is 1.77. The molecule has 0 radical (unpaired) electrons. The summed E-state index contributed by atoms with van der Waals surface area (Å²) in [4.78, 5) is 25.2. The van der Waals surface area contributed by atoms with Crippen molar-refractivity contribution in [2.45, 2.75) is 27.3 Å². The van der Waals surface area contributed by atoms with E-state index in [1.54, 1.807) is 43.8 Å². The van der Waals surface area contributed by atoms with Gasteiger partial charge in [0.25, 0.3) is 0 Å². The number of ether oxygens (including phenoxy) is 2. The van der Waals surface area contributed by atoms with Gasteiger partial charge in [-0.3, -0.25) is 4.68 Å². The van der Waals surface area contributed by atoms with Crippen molar-refractivity contribution in [3.8, 4) is 0 Å². The van der Waals surface area contributed by atoms with Crippen LogP contribution in [0, 0.1) is 6.92 Å². The molecular weight excluding hydrogens is 599 g/mol. The molecule has 0 spiro atoms. The third-order valence-electron chi connectivity index (χ3n) is 4.61.